The zero-order chi connectivity index (χ0) is 18.4. The lowest BCUT2D eigenvalue weighted by atomic mass is 9.48. The molecule has 27 heavy (non-hydrogen) atoms. The van der Waals surface area contributed by atoms with Crippen molar-refractivity contribution in [1.82, 2.24) is 10.5 Å². The molecule has 6 rings (SSSR count). The number of carbonyl (C=O) groups excluding carboxylic acids is 1. The molecule has 0 radical (unpaired) electrons. The fraction of sp³-hybridized carbons (Fsp3) is 0.545. The molecule has 5 heteroatoms. The molecule has 5 nitrogen and oxygen atoms in total. The minimum absolute atomic E-state index is 0.186. The highest BCUT2D eigenvalue weighted by Crippen LogP contribution is 2.61. The molecule has 1 heterocycles. The van der Waals surface area contributed by atoms with Gasteiger partial charge in [0.15, 0.2) is 11.6 Å². The number of carbonyl (C=O) groups is 1. The molecule has 0 saturated heterocycles. The number of nitrogens with one attached hydrogen (secondary N) is 2. The van der Waals surface area contributed by atoms with Crippen LogP contribution in [0.5, 0.6) is 0 Å². The van der Waals surface area contributed by atoms with Crippen LogP contribution in [0.2, 0.25) is 0 Å². The summed E-state index contributed by atoms with van der Waals surface area (Å²) >= 11 is 0. The second kappa shape index (κ2) is 6.39. The quantitative estimate of drug-likeness (QED) is 0.795. The van der Waals surface area contributed by atoms with Gasteiger partial charge >= 0.3 is 6.03 Å². The Morgan fingerprint density at radius 2 is 1.74 bits per heavy atom. The van der Waals surface area contributed by atoms with Crippen molar-refractivity contribution < 1.29 is 9.32 Å². The van der Waals surface area contributed by atoms with Crippen LogP contribution in [0, 0.1) is 23.2 Å². The van der Waals surface area contributed by atoms with E-state index in [1.165, 1.54) is 38.5 Å². The van der Waals surface area contributed by atoms with E-state index in [9.17, 15) is 4.79 Å². The van der Waals surface area contributed by atoms with Crippen molar-refractivity contribution >= 4 is 11.8 Å². The van der Waals surface area contributed by atoms with Gasteiger partial charge in [-0.2, -0.15) is 0 Å². The maximum Gasteiger partial charge on any atom is 0.320 e. The van der Waals surface area contributed by atoms with Crippen molar-refractivity contribution in [2.24, 2.45) is 23.2 Å². The second-order valence-electron chi connectivity index (χ2n) is 9.04. The van der Waals surface area contributed by atoms with E-state index in [0.29, 0.717) is 17.0 Å². The van der Waals surface area contributed by atoms with Crippen LogP contribution in [0.4, 0.5) is 10.6 Å². The zero-order valence-electron chi connectivity index (χ0n) is 15.8. The molecule has 4 saturated carbocycles. The second-order valence-corrected chi connectivity index (χ2v) is 9.04. The number of aromatic nitrogens is 1. The summed E-state index contributed by atoms with van der Waals surface area (Å²) in [5.74, 6) is 3.75. The van der Waals surface area contributed by atoms with E-state index >= 15 is 0 Å². The van der Waals surface area contributed by atoms with E-state index in [-0.39, 0.29) is 12.1 Å². The fourth-order valence-corrected chi connectivity index (χ4v) is 6.28. The Balaban J connectivity index is 1.23. The molecule has 142 valence electrons. The lowest BCUT2D eigenvalue weighted by Gasteiger charge is -2.59. The topological polar surface area (TPSA) is 67.2 Å². The largest absolute Gasteiger partial charge is 0.354 e. The Hall–Kier alpha value is -2.30. The summed E-state index contributed by atoms with van der Waals surface area (Å²) in [5, 5.41) is 10.0. The summed E-state index contributed by atoms with van der Waals surface area (Å²) < 4.78 is 5.36. The van der Waals surface area contributed by atoms with Gasteiger partial charge in [-0.15, -0.1) is 0 Å². The lowest BCUT2D eigenvalue weighted by molar-refractivity contribution is -0.0680. The summed E-state index contributed by atoms with van der Waals surface area (Å²) in [6, 6.07) is 11.5. The standard InChI is InChI=1S/C22H27N3O2/c1-14(22-11-15-7-16(12-22)9-17(8-15)13-22)23-21(26)24-20-10-19(27-25-20)18-5-3-2-4-6-18/h2-6,10,14-17H,7-9,11-13H2,1H3,(H2,23,24,25,26). The van der Waals surface area contributed by atoms with E-state index in [1.807, 2.05) is 30.3 Å². The van der Waals surface area contributed by atoms with Crippen LogP contribution in [-0.4, -0.2) is 17.2 Å². The van der Waals surface area contributed by atoms with Crippen LogP contribution in [0.25, 0.3) is 11.3 Å². The normalized spacial score (nSPS) is 32.3. The lowest BCUT2D eigenvalue weighted by Crippen LogP contribution is -2.56. The molecule has 4 aliphatic rings. The molecule has 1 aromatic heterocycles. The predicted octanol–water partition coefficient (Wildman–Crippen LogP) is 5.07. The van der Waals surface area contributed by atoms with Gasteiger partial charge in [-0.3, -0.25) is 5.32 Å². The molecule has 4 aliphatic carbocycles. The van der Waals surface area contributed by atoms with Crippen molar-refractivity contribution in [3.05, 3.63) is 36.4 Å². The number of hydrogen-bond acceptors (Lipinski definition) is 3. The molecule has 0 spiro atoms. The number of benzene rings is 1. The summed E-state index contributed by atoms with van der Waals surface area (Å²) in [6.07, 6.45) is 8.09. The van der Waals surface area contributed by atoms with Gasteiger partial charge in [-0.1, -0.05) is 35.5 Å². The van der Waals surface area contributed by atoms with Gasteiger partial charge in [-0.05, 0) is 68.6 Å². The molecular formula is C22H27N3O2. The minimum Gasteiger partial charge on any atom is -0.354 e. The van der Waals surface area contributed by atoms with Crippen molar-refractivity contribution in [2.45, 2.75) is 51.5 Å². The minimum atomic E-state index is -0.189. The van der Waals surface area contributed by atoms with Gasteiger partial charge in [0.1, 0.15) is 0 Å². The van der Waals surface area contributed by atoms with Crippen LogP contribution >= 0.6 is 0 Å². The third-order valence-corrected chi connectivity index (χ3v) is 7.16. The molecule has 0 aliphatic heterocycles. The van der Waals surface area contributed by atoms with Crippen molar-refractivity contribution in [3.8, 4) is 11.3 Å². The molecule has 2 N–H and O–H groups in total. The van der Waals surface area contributed by atoms with E-state index in [1.54, 1.807) is 6.07 Å². The zero-order valence-corrected chi connectivity index (χ0v) is 15.8. The third kappa shape index (κ3) is 3.13. The smallest absolute Gasteiger partial charge is 0.320 e. The van der Waals surface area contributed by atoms with Gasteiger partial charge in [0, 0.05) is 17.7 Å². The Labute approximate surface area is 159 Å². The van der Waals surface area contributed by atoms with Gasteiger partial charge in [-0.25, -0.2) is 4.79 Å². The van der Waals surface area contributed by atoms with Crippen LogP contribution < -0.4 is 10.6 Å². The molecule has 4 bridgehead atoms. The number of hydrogen-bond donors (Lipinski definition) is 2. The monoisotopic (exact) mass is 365 g/mol. The van der Waals surface area contributed by atoms with Crippen LogP contribution in [0.1, 0.15) is 45.4 Å². The molecular weight excluding hydrogens is 338 g/mol. The number of amides is 2. The summed E-state index contributed by atoms with van der Waals surface area (Å²) in [4.78, 5) is 12.6. The Kier molecular flexibility index (Phi) is 3.99. The van der Waals surface area contributed by atoms with E-state index in [2.05, 4.69) is 22.7 Å². The Morgan fingerprint density at radius 3 is 2.37 bits per heavy atom. The summed E-state index contributed by atoms with van der Waals surface area (Å²) in [5.41, 5.74) is 1.24. The predicted molar refractivity (Wildman–Crippen MR) is 104 cm³/mol. The maximum absolute atomic E-state index is 12.6. The Bertz CT molecular complexity index is 794. The highest BCUT2D eigenvalue weighted by atomic mass is 16.5. The average Bonchev–Trinajstić information content (AvgIpc) is 3.09. The fourth-order valence-electron chi connectivity index (χ4n) is 6.28. The highest BCUT2D eigenvalue weighted by Gasteiger charge is 2.53. The first-order valence-electron chi connectivity index (χ1n) is 10.2. The van der Waals surface area contributed by atoms with E-state index < -0.39 is 0 Å². The third-order valence-electron chi connectivity index (χ3n) is 7.16. The molecule has 1 aromatic carbocycles. The maximum atomic E-state index is 12.6. The van der Waals surface area contributed by atoms with Gasteiger partial charge in [0.05, 0.1) is 0 Å². The van der Waals surface area contributed by atoms with Gasteiger partial charge in [0.2, 0.25) is 0 Å². The van der Waals surface area contributed by atoms with Crippen molar-refractivity contribution in [2.75, 3.05) is 5.32 Å². The molecule has 2 aromatic rings. The first-order chi connectivity index (χ1) is 13.1. The highest BCUT2D eigenvalue weighted by molar-refractivity contribution is 5.88. The summed E-state index contributed by atoms with van der Waals surface area (Å²) in [7, 11) is 0. The summed E-state index contributed by atoms with van der Waals surface area (Å²) in [6.45, 7) is 2.19. The SMILES string of the molecule is CC(NC(=O)Nc1cc(-c2ccccc2)on1)C12CC3CC(CC(C3)C1)C2. The van der Waals surface area contributed by atoms with Crippen LogP contribution in [-0.2, 0) is 0 Å². The molecule has 2 amide bonds. The van der Waals surface area contributed by atoms with E-state index in [0.717, 1.165) is 23.3 Å². The van der Waals surface area contributed by atoms with E-state index in [4.69, 9.17) is 4.52 Å². The first-order valence-corrected chi connectivity index (χ1v) is 10.2. The number of rotatable bonds is 4. The van der Waals surface area contributed by atoms with Gasteiger partial charge in [0.25, 0.3) is 0 Å². The number of nitrogens with zero attached hydrogens (tertiary/aromatic N) is 1. The number of anilines is 1. The number of urea groups is 1. The first kappa shape index (κ1) is 16.8. The molecule has 1 unspecified atom stereocenters. The van der Waals surface area contributed by atoms with Crippen LogP contribution in [0.15, 0.2) is 40.9 Å². The van der Waals surface area contributed by atoms with Crippen LogP contribution in [0.3, 0.4) is 0 Å². The Morgan fingerprint density at radius 1 is 1.11 bits per heavy atom. The van der Waals surface area contributed by atoms with Crippen molar-refractivity contribution in [1.29, 1.82) is 0 Å². The van der Waals surface area contributed by atoms with Gasteiger partial charge < -0.3 is 9.84 Å². The van der Waals surface area contributed by atoms with Crippen molar-refractivity contribution in [3.63, 3.8) is 0 Å². The molecule has 1 atom stereocenters. The molecule has 4 fully saturated rings. The average molecular weight is 365 g/mol.